The molecule has 0 saturated heterocycles. The van der Waals surface area contributed by atoms with E-state index >= 15 is 0 Å². The Morgan fingerprint density at radius 1 is 1.03 bits per heavy atom. The molecule has 0 spiro atoms. The van der Waals surface area contributed by atoms with Crippen LogP contribution in [0.15, 0.2) is 59.2 Å². The highest BCUT2D eigenvalue weighted by Gasteiger charge is 2.21. The first kappa shape index (κ1) is 21.6. The average molecular weight is 475 g/mol. The Hall–Kier alpha value is -3.13. The molecule has 0 radical (unpaired) electrons. The number of carbonyl (C=O) groups is 1. The number of hydrogen-bond donors (Lipinski definition) is 0. The van der Waals surface area contributed by atoms with Gasteiger partial charge in [0.25, 0.3) is 0 Å². The molecule has 30 heavy (non-hydrogen) atoms. The zero-order valence-corrected chi connectivity index (χ0v) is 18.3. The van der Waals surface area contributed by atoms with Gasteiger partial charge in [-0.3, -0.25) is 4.79 Å². The molecule has 156 valence electrons. The van der Waals surface area contributed by atoms with Crippen LogP contribution in [-0.2, 0) is 11.3 Å². The quantitative estimate of drug-likeness (QED) is 0.432. The minimum absolute atomic E-state index is 0.202. The second-order valence-electron chi connectivity index (χ2n) is 6.30. The number of methoxy groups -OCH3 is 2. The maximum Gasteiger partial charge on any atom is 0.244 e. The van der Waals surface area contributed by atoms with Crippen molar-refractivity contribution in [2.45, 2.75) is 13.5 Å². The number of aromatic nitrogens is 1. The molecule has 0 aliphatic heterocycles. The van der Waals surface area contributed by atoms with E-state index < -0.39 is 0 Å². The number of amides is 1. The van der Waals surface area contributed by atoms with E-state index in [0.29, 0.717) is 27.5 Å². The fourth-order valence-electron chi connectivity index (χ4n) is 2.85. The monoisotopic (exact) mass is 474 g/mol. The lowest BCUT2D eigenvalue weighted by atomic mass is 10.1. The zero-order chi connectivity index (χ0) is 21.7. The molecule has 2 aromatic carbocycles. The van der Waals surface area contributed by atoms with Crippen LogP contribution in [0.2, 0.25) is 0 Å². The van der Waals surface area contributed by atoms with Crippen molar-refractivity contribution < 1.29 is 23.4 Å². The highest BCUT2D eigenvalue weighted by molar-refractivity contribution is 9.10. The van der Waals surface area contributed by atoms with E-state index in [-0.39, 0.29) is 24.1 Å². The molecule has 0 aliphatic rings. The molecule has 8 heteroatoms. The number of carbonyl (C=O) groups excluding carboxylic acids is 1. The van der Waals surface area contributed by atoms with Gasteiger partial charge in [0, 0.05) is 12.5 Å². The number of benzene rings is 2. The van der Waals surface area contributed by atoms with Crippen LogP contribution in [0.3, 0.4) is 0 Å². The number of halogens is 2. The number of hydrogen-bond acceptors (Lipinski definition) is 5. The number of anilines is 1. The molecule has 0 aliphatic carbocycles. The van der Waals surface area contributed by atoms with Crippen LogP contribution in [0.5, 0.6) is 23.1 Å². The summed E-state index contributed by atoms with van der Waals surface area (Å²) in [6, 6.07) is 14.4. The number of rotatable bonds is 7. The summed E-state index contributed by atoms with van der Waals surface area (Å²) in [6.45, 7) is 1.66. The standard InChI is InChI=1S/C22H20BrFN2O4/c1-14(27)26(13-15-12-18(28-2)8-10-20(15)29-3)19-9-11-21(23)25-22(19)30-17-6-4-16(24)5-7-17/h4-12H,13H2,1-3H3. The molecule has 0 fully saturated rings. The first-order chi connectivity index (χ1) is 14.4. The van der Waals surface area contributed by atoms with Crippen molar-refractivity contribution in [1.29, 1.82) is 0 Å². The van der Waals surface area contributed by atoms with Gasteiger partial charge >= 0.3 is 0 Å². The minimum Gasteiger partial charge on any atom is -0.497 e. The van der Waals surface area contributed by atoms with Crippen LogP contribution < -0.4 is 19.1 Å². The van der Waals surface area contributed by atoms with Crippen LogP contribution in [0.1, 0.15) is 12.5 Å². The molecule has 0 atom stereocenters. The summed E-state index contributed by atoms with van der Waals surface area (Å²) in [5.74, 6) is 1.27. The zero-order valence-electron chi connectivity index (χ0n) is 16.7. The van der Waals surface area contributed by atoms with E-state index in [0.717, 1.165) is 5.56 Å². The number of ether oxygens (including phenoxy) is 3. The normalized spacial score (nSPS) is 10.4. The topological polar surface area (TPSA) is 60.9 Å². The summed E-state index contributed by atoms with van der Waals surface area (Å²) in [7, 11) is 3.13. The first-order valence-electron chi connectivity index (χ1n) is 9.00. The predicted molar refractivity (Wildman–Crippen MR) is 115 cm³/mol. The van der Waals surface area contributed by atoms with Gasteiger partial charge in [-0.15, -0.1) is 0 Å². The highest BCUT2D eigenvalue weighted by atomic mass is 79.9. The lowest BCUT2D eigenvalue weighted by Crippen LogP contribution is -2.28. The van der Waals surface area contributed by atoms with E-state index in [1.807, 2.05) is 6.07 Å². The van der Waals surface area contributed by atoms with Gasteiger partial charge < -0.3 is 19.1 Å². The van der Waals surface area contributed by atoms with E-state index in [1.165, 1.54) is 36.1 Å². The summed E-state index contributed by atoms with van der Waals surface area (Å²) in [5.41, 5.74) is 1.21. The van der Waals surface area contributed by atoms with Crippen LogP contribution >= 0.6 is 15.9 Å². The van der Waals surface area contributed by atoms with Gasteiger partial charge in [-0.1, -0.05) is 0 Å². The molecule has 1 heterocycles. The Balaban J connectivity index is 2.00. The van der Waals surface area contributed by atoms with Gasteiger partial charge in [0.15, 0.2) is 0 Å². The number of pyridine rings is 1. The second-order valence-corrected chi connectivity index (χ2v) is 7.11. The molecule has 6 nitrogen and oxygen atoms in total. The van der Waals surface area contributed by atoms with Crippen molar-refractivity contribution in [3.8, 4) is 23.1 Å². The van der Waals surface area contributed by atoms with Crippen LogP contribution in [0.4, 0.5) is 10.1 Å². The molecule has 0 saturated carbocycles. The van der Waals surface area contributed by atoms with E-state index in [1.54, 1.807) is 38.5 Å². The summed E-state index contributed by atoms with van der Waals surface area (Å²) in [6.07, 6.45) is 0. The molecule has 3 rings (SSSR count). The van der Waals surface area contributed by atoms with E-state index in [9.17, 15) is 9.18 Å². The van der Waals surface area contributed by atoms with Crippen molar-refractivity contribution >= 4 is 27.5 Å². The van der Waals surface area contributed by atoms with Gasteiger partial charge in [0.2, 0.25) is 11.8 Å². The molecule has 1 aromatic heterocycles. The Bertz CT molecular complexity index is 1040. The summed E-state index contributed by atoms with van der Waals surface area (Å²) < 4.78 is 30.3. The lowest BCUT2D eigenvalue weighted by molar-refractivity contribution is -0.116. The number of nitrogens with zero attached hydrogens (tertiary/aromatic N) is 2. The van der Waals surface area contributed by atoms with Gasteiger partial charge in [-0.2, -0.15) is 0 Å². The van der Waals surface area contributed by atoms with Gasteiger partial charge in [-0.05, 0) is 70.5 Å². The predicted octanol–water partition coefficient (Wildman–Crippen LogP) is 5.35. The van der Waals surface area contributed by atoms with Crippen molar-refractivity contribution in [3.05, 3.63) is 70.6 Å². The third-order valence-corrected chi connectivity index (χ3v) is 4.76. The fourth-order valence-corrected chi connectivity index (χ4v) is 3.14. The molecule has 3 aromatic rings. The highest BCUT2D eigenvalue weighted by Crippen LogP contribution is 2.35. The smallest absolute Gasteiger partial charge is 0.244 e. The molecule has 0 unspecified atom stereocenters. The summed E-state index contributed by atoms with van der Waals surface area (Å²) >= 11 is 3.32. The average Bonchev–Trinajstić information content (AvgIpc) is 2.74. The third kappa shape index (κ3) is 5.07. The SMILES string of the molecule is COc1ccc(OC)c(CN(C(C)=O)c2ccc(Br)nc2Oc2ccc(F)cc2)c1. The van der Waals surface area contributed by atoms with Gasteiger partial charge in [-0.25, -0.2) is 9.37 Å². The second kappa shape index (κ2) is 9.58. The van der Waals surface area contributed by atoms with Gasteiger partial charge in [0.05, 0.1) is 20.8 Å². The Labute approximate surface area is 182 Å². The van der Waals surface area contributed by atoms with E-state index in [4.69, 9.17) is 14.2 Å². The Morgan fingerprint density at radius 3 is 2.37 bits per heavy atom. The summed E-state index contributed by atoms with van der Waals surface area (Å²) in [4.78, 5) is 18.4. The largest absolute Gasteiger partial charge is 0.497 e. The molecular formula is C22H20BrFN2O4. The van der Waals surface area contributed by atoms with Crippen LogP contribution in [0.25, 0.3) is 0 Å². The molecule has 0 N–H and O–H groups in total. The Kier molecular flexibility index (Phi) is 6.89. The maximum absolute atomic E-state index is 13.2. The minimum atomic E-state index is -0.375. The van der Waals surface area contributed by atoms with Crippen LogP contribution in [-0.4, -0.2) is 25.1 Å². The molecular weight excluding hydrogens is 455 g/mol. The summed E-state index contributed by atoms with van der Waals surface area (Å²) in [5, 5.41) is 0. The van der Waals surface area contributed by atoms with Crippen LogP contribution in [0, 0.1) is 5.82 Å². The van der Waals surface area contributed by atoms with Crippen molar-refractivity contribution in [2.24, 2.45) is 0 Å². The van der Waals surface area contributed by atoms with Gasteiger partial charge in [0.1, 0.15) is 33.4 Å². The third-order valence-electron chi connectivity index (χ3n) is 4.32. The fraction of sp³-hybridized carbons (Fsp3) is 0.182. The maximum atomic E-state index is 13.2. The Morgan fingerprint density at radius 2 is 1.73 bits per heavy atom. The van der Waals surface area contributed by atoms with Crippen molar-refractivity contribution in [2.75, 3.05) is 19.1 Å². The van der Waals surface area contributed by atoms with Crippen molar-refractivity contribution in [1.82, 2.24) is 4.98 Å². The first-order valence-corrected chi connectivity index (χ1v) is 9.79. The molecule has 0 bridgehead atoms. The van der Waals surface area contributed by atoms with Crippen molar-refractivity contribution in [3.63, 3.8) is 0 Å². The molecule has 1 amide bonds. The van der Waals surface area contributed by atoms with E-state index in [2.05, 4.69) is 20.9 Å². The lowest BCUT2D eigenvalue weighted by Gasteiger charge is -2.24.